The average molecular weight is 729 g/mol. The van der Waals surface area contributed by atoms with Crippen LogP contribution in [-0.2, 0) is 9.47 Å². The topological polar surface area (TPSA) is 164 Å². The summed E-state index contributed by atoms with van der Waals surface area (Å²) in [5.74, 6) is 1.49. The molecular formula is C41H80N2O8. The van der Waals surface area contributed by atoms with Crippen molar-refractivity contribution in [3.05, 3.63) is 0 Å². The molecule has 10 nitrogen and oxygen atoms in total. The van der Waals surface area contributed by atoms with Crippen LogP contribution in [0.1, 0.15) is 174 Å². The van der Waals surface area contributed by atoms with E-state index in [1.54, 1.807) is 0 Å². The normalized spacial score (nSPS) is 31.2. The molecule has 0 aromatic heterocycles. The highest BCUT2D eigenvalue weighted by molar-refractivity contribution is 4.93. The van der Waals surface area contributed by atoms with Crippen LogP contribution in [0.4, 0.5) is 0 Å². The van der Waals surface area contributed by atoms with Gasteiger partial charge in [0, 0.05) is 18.0 Å². The Bertz CT molecular complexity index is 854. The summed E-state index contributed by atoms with van der Waals surface area (Å²) in [4.78, 5) is 0. The van der Waals surface area contributed by atoms with Crippen molar-refractivity contribution >= 4 is 0 Å². The molecule has 0 radical (unpaired) electrons. The Morgan fingerprint density at radius 3 is 1.75 bits per heavy atom. The van der Waals surface area contributed by atoms with Crippen LogP contribution in [-0.4, -0.2) is 98.9 Å². The number of hydrogen-bond acceptors (Lipinski definition) is 10. The third kappa shape index (κ3) is 17.3. The number of aliphatic hydroxyl groups excluding tert-OH is 6. The number of hydrazine groups is 1. The summed E-state index contributed by atoms with van der Waals surface area (Å²) in [6, 6.07) is 0.0698. The zero-order valence-electron chi connectivity index (χ0n) is 32.5. The lowest BCUT2D eigenvalue weighted by Gasteiger charge is -2.40. The number of nitrogens with one attached hydrogen (secondary N) is 2. The number of hydrogen-bond donors (Lipinski definition) is 8. The molecule has 10 heteroatoms. The summed E-state index contributed by atoms with van der Waals surface area (Å²) in [6.07, 6.45) is 21.5. The Kier molecular flexibility index (Phi) is 23.3. The maximum Gasteiger partial charge on any atom is 0.186 e. The minimum absolute atomic E-state index is 0.0366. The van der Waals surface area contributed by atoms with E-state index in [4.69, 9.17) is 9.47 Å². The summed E-state index contributed by atoms with van der Waals surface area (Å²) in [7, 11) is 0. The fourth-order valence-corrected chi connectivity index (χ4v) is 8.29. The van der Waals surface area contributed by atoms with Crippen molar-refractivity contribution in [2.24, 2.45) is 17.8 Å². The fourth-order valence-electron chi connectivity index (χ4n) is 8.29. The van der Waals surface area contributed by atoms with E-state index in [1.807, 2.05) is 0 Å². The molecule has 0 aromatic rings. The predicted molar refractivity (Wildman–Crippen MR) is 203 cm³/mol. The molecule has 0 amide bonds. The van der Waals surface area contributed by atoms with Gasteiger partial charge >= 0.3 is 0 Å². The molecule has 2 saturated heterocycles. The molecule has 3 aliphatic rings. The van der Waals surface area contributed by atoms with E-state index in [9.17, 15) is 30.6 Å². The molecule has 1 saturated carbocycles. The Balaban J connectivity index is 1.37. The third-order valence-corrected chi connectivity index (χ3v) is 12.2. The van der Waals surface area contributed by atoms with Crippen LogP contribution >= 0.6 is 0 Å². The van der Waals surface area contributed by atoms with Crippen molar-refractivity contribution in [2.45, 2.75) is 229 Å². The quantitative estimate of drug-likeness (QED) is 0.0396. The Labute approximate surface area is 310 Å². The van der Waals surface area contributed by atoms with Gasteiger partial charge in [-0.1, -0.05) is 149 Å². The predicted octanol–water partition coefficient (Wildman–Crippen LogP) is 6.02. The molecular weight excluding hydrogens is 648 g/mol. The molecule has 9 unspecified atom stereocenters. The third-order valence-electron chi connectivity index (χ3n) is 12.2. The van der Waals surface area contributed by atoms with Crippen LogP contribution < -0.4 is 10.9 Å². The van der Waals surface area contributed by atoms with Crippen LogP contribution in [0.25, 0.3) is 0 Å². The molecule has 3 rings (SSSR count). The molecule has 2 heterocycles. The van der Waals surface area contributed by atoms with Crippen LogP contribution in [0.2, 0.25) is 0 Å². The van der Waals surface area contributed by atoms with Gasteiger partial charge in [0.25, 0.3) is 0 Å². The first kappa shape index (κ1) is 45.0. The Morgan fingerprint density at radius 2 is 1.20 bits per heavy atom. The highest BCUT2D eigenvalue weighted by Gasteiger charge is 2.45. The van der Waals surface area contributed by atoms with E-state index in [0.717, 1.165) is 50.4 Å². The van der Waals surface area contributed by atoms with Crippen LogP contribution in [0.3, 0.4) is 0 Å². The highest BCUT2D eigenvalue weighted by atomic mass is 16.7. The van der Waals surface area contributed by atoms with Crippen molar-refractivity contribution in [1.82, 2.24) is 10.9 Å². The van der Waals surface area contributed by atoms with Gasteiger partial charge in [-0.05, 0) is 37.5 Å². The molecule has 0 spiro atoms. The van der Waals surface area contributed by atoms with Crippen LogP contribution in [0.5, 0.6) is 0 Å². The number of aliphatic hydroxyl groups is 6. The molecule has 3 fully saturated rings. The molecule has 302 valence electrons. The lowest BCUT2D eigenvalue weighted by atomic mass is 9.86. The lowest BCUT2D eigenvalue weighted by molar-refractivity contribution is -0.305. The van der Waals surface area contributed by atoms with E-state index in [1.165, 1.54) is 116 Å². The molecule has 2 aliphatic heterocycles. The lowest BCUT2D eigenvalue weighted by Crippen LogP contribution is -2.59. The second-order valence-corrected chi connectivity index (χ2v) is 16.6. The summed E-state index contributed by atoms with van der Waals surface area (Å²) in [5.41, 5.74) is 6.76. The van der Waals surface area contributed by atoms with Gasteiger partial charge in [-0.25, -0.2) is 0 Å². The van der Waals surface area contributed by atoms with Crippen LogP contribution in [0, 0.1) is 17.8 Å². The van der Waals surface area contributed by atoms with Crippen molar-refractivity contribution in [3.8, 4) is 0 Å². The number of ether oxygens (including phenoxy) is 2. The van der Waals surface area contributed by atoms with Gasteiger partial charge in [-0.2, -0.15) is 0 Å². The van der Waals surface area contributed by atoms with Crippen molar-refractivity contribution < 1.29 is 40.1 Å². The first-order valence-corrected chi connectivity index (χ1v) is 21.6. The summed E-state index contributed by atoms with van der Waals surface area (Å²) >= 11 is 0. The summed E-state index contributed by atoms with van der Waals surface area (Å²) in [5, 5.41) is 63.1. The molecule has 1 aliphatic carbocycles. The van der Waals surface area contributed by atoms with Gasteiger partial charge in [-0.3, -0.25) is 10.9 Å². The second kappa shape index (κ2) is 26.4. The maximum absolute atomic E-state index is 11.5. The van der Waals surface area contributed by atoms with E-state index < -0.39 is 55.4 Å². The second-order valence-electron chi connectivity index (χ2n) is 16.6. The first-order chi connectivity index (χ1) is 24.8. The van der Waals surface area contributed by atoms with Gasteiger partial charge in [0.15, 0.2) is 6.29 Å². The SMILES string of the molecule is CCCCCCCCCCCCCC[C@@H](O)[C@@H](O)[C@H](COC1OC(CO)C(O)C(O)C1O)C1CC(CCCCCCCCCCC2CC2C)NN1. The zero-order valence-corrected chi connectivity index (χ0v) is 32.5. The van der Waals surface area contributed by atoms with E-state index in [2.05, 4.69) is 24.7 Å². The molecule has 12 atom stereocenters. The molecule has 0 bridgehead atoms. The van der Waals surface area contributed by atoms with E-state index >= 15 is 0 Å². The number of unbranched alkanes of at least 4 members (excludes halogenated alkanes) is 18. The van der Waals surface area contributed by atoms with Crippen molar-refractivity contribution in [2.75, 3.05) is 13.2 Å². The van der Waals surface area contributed by atoms with E-state index in [-0.39, 0.29) is 18.7 Å². The minimum atomic E-state index is -1.53. The maximum atomic E-state index is 11.5. The van der Waals surface area contributed by atoms with E-state index in [0.29, 0.717) is 6.42 Å². The van der Waals surface area contributed by atoms with Gasteiger partial charge in [-0.15, -0.1) is 0 Å². The Hall–Kier alpha value is -0.400. The summed E-state index contributed by atoms with van der Waals surface area (Å²) in [6.45, 7) is 4.05. The van der Waals surface area contributed by atoms with Gasteiger partial charge in [0.1, 0.15) is 24.4 Å². The van der Waals surface area contributed by atoms with Crippen LogP contribution in [0.15, 0.2) is 0 Å². The standard InChI is InChI=1S/C41H80N2O8/c1-3-4-5-6-7-8-9-10-11-16-19-22-25-35(45)37(46)33(29-50-41-40(49)39(48)38(47)36(28-44)51-41)34-27-32(42-43-34)24-21-18-15-13-12-14-17-20-23-31-26-30(31)2/h30-49H,3-29H2,1-2H3/t30?,31?,32?,33-,34?,35-,36?,37+,38?,39?,40?,41?/m1/s1. The Morgan fingerprint density at radius 1 is 0.667 bits per heavy atom. The minimum Gasteiger partial charge on any atom is -0.394 e. The van der Waals surface area contributed by atoms with Gasteiger partial charge in [0.2, 0.25) is 0 Å². The fraction of sp³-hybridized carbons (Fsp3) is 1.00. The molecule has 51 heavy (non-hydrogen) atoms. The smallest absolute Gasteiger partial charge is 0.186 e. The molecule has 8 N–H and O–H groups in total. The summed E-state index contributed by atoms with van der Waals surface area (Å²) < 4.78 is 11.5. The zero-order chi connectivity index (χ0) is 36.8. The average Bonchev–Trinajstić information content (AvgIpc) is 3.63. The first-order valence-electron chi connectivity index (χ1n) is 21.6. The monoisotopic (exact) mass is 729 g/mol. The number of rotatable bonds is 31. The van der Waals surface area contributed by atoms with Gasteiger partial charge in [0.05, 0.1) is 25.4 Å². The largest absolute Gasteiger partial charge is 0.394 e. The molecule has 0 aromatic carbocycles. The van der Waals surface area contributed by atoms with Crippen molar-refractivity contribution in [3.63, 3.8) is 0 Å². The van der Waals surface area contributed by atoms with Crippen molar-refractivity contribution in [1.29, 1.82) is 0 Å². The highest BCUT2D eigenvalue weighted by Crippen LogP contribution is 2.41. The van der Waals surface area contributed by atoms with Gasteiger partial charge < -0.3 is 40.1 Å².